The van der Waals surface area contributed by atoms with Gasteiger partial charge in [0.2, 0.25) is 0 Å². The summed E-state index contributed by atoms with van der Waals surface area (Å²) < 4.78 is 0. The van der Waals surface area contributed by atoms with Crippen molar-refractivity contribution >= 4 is 28.4 Å². The molecule has 1 aromatic carbocycles. The summed E-state index contributed by atoms with van der Waals surface area (Å²) in [5.74, 6) is 0.608. The lowest BCUT2D eigenvalue weighted by Crippen LogP contribution is -2.54. The van der Waals surface area contributed by atoms with E-state index in [1.165, 1.54) is 12.8 Å². The third-order valence-electron chi connectivity index (χ3n) is 7.00. The molecule has 0 radical (unpaired) electrons. The summed E-state index contributed by atoms with van der Waals surface area (Å²) in [7, 11) is 2.18. The topological polar surface area (TPSA) is 80.4 Å². The van der Waals surface area contributed by atoms with Gasteiger partial charge in [-0.25, -0.2) is 0 Å². The fourth-order valence-corrected chi connectivity index (χ4v) is 5.23. The van der Waals surface area contributed by atoms with Crippen molar-refractivity contribution in [3.8, 4) is 0 Å². The highest BCUT2D eigenvalue weighted by atomic mass is 35.5. The van der Waals surface area contributed by atoms with Crippen molar-refractivity contribution < 1.29 is 9.90 Å². The summed E-state index contributed by atoms with van der Waals surface area (Å²) in [4.78, 5) is 18.4. The van der Waals surface area contributed by atoms with Crippen molar-refractivity contribution in [2.24, 2.45) is 5.92 Å². The number of H-pyrrole nitrogens is 1. The van der Waals surface area contributed by atoms with Gasteiger partial charge in [-0.2, -0.15) is 0 Å². The number of amides is 1. The van der Waals surface area contributed by atoms with Gasteiger partial charge in [-0.05, 0) is 88.8 Å². The zero-order valence-electron chi connectivity index (χ0n) is 18.4. The van der Waals surface area contributed by atoms with Crippen LogP contribution in [0.5, 0.6) is 0 Å². The number of aromatic nitrogens is 1. The zero-order valence-corrected chi connectivity index (χ0v) is 19.1. The Morgan fingerprint density at radius 1 is 1.19 bits per heavy atom. The van der Waals surface area contributed by atoms with Crippen molar-refractivity contribution in [3.63, 3.8) is 0 Å². The van der Waals surface area contributed by atoms with E-state index in [0.29, 0.717) is 16.6 Å². The molecule has 7 heteroatoms. The summed E-state index contributed by atoms with van der Waals surface area (Å²) in [6, 6.07) is 7.53. The number of rotatable bonds is 7. The Bertz CT molecular complexity index is 878. The first-order chi connectivity index (χ1) is 15.0. The predicted molar refractivity (Wildman–Crippen MR) is 125 cm³/mol. The molecular formula is C24H35ClN4O2. The molecule has 2 fully saturated rings. The lowest BCUT2D eigenvalue weighted by atomic mass is 9.89. The van der Waals surface area contributed by atoms with Gasteiger partial charge in [0.05, 0.1) is 0 Å². The molecule has 1 saturated carbocycles. The Balaban J connectivity index is 1.30. The number of aromatic amines is 1. The number of aliphatic hydroxyl groups is 1. The highest BCUT2D eigenvalue weighted by molar-refractivity contribution is 6.31. The molecule has 2 aromatic rings. The molecule has 1 amide bonds. The van der Waals surface area contributed by atoms with E-state index in [0.717, 1.165) is 62.5 Å². The van der Waals surface area contributed by atoms with Crippen LogP contribution in [0.25, 0.3) is 10.9 Å². The van der Waals surface area contributed by atoms with E-state index in [1.54, 1.807) is 0 Å². The third-order valence-corrected chi connectivity index (χ3v) is 7.24. The Labute approximate surface area is 189 Å². The highest BCUT2D eigenvalue weighted by Gasteiger charge is 2.29. The minimum absolute atomic E-state index is 0.0224. The first-order valence-corrected chi connectivity index (χ1v) is 12.1. The van der Waals surface area contributed by atoms with Crippen LogP contribution >= 0.6 is 11.6 Å². The van der Waals surface area contributed by atoms with Crippen LogP contribution in [0.2, 0.25) is 5.02 Å². The summed E-state index contributed by atoms with van der Waals surface area (Å²) in [5.41, 5.74) is 1.45. The number of piperidine rings is 1. The van der Waals surface area contributed by atoms with Crippen LogP contribution in [-0.4, -0.2) is 59.3 Å². The molecular weight excluding hydrogens is 412 g/mol. The number of hydrogen-bond acceptors (Lipinski definition) is 4. The number of fused-ring (bicyclic) bond motifs is 1. The number of aliphatic hydroxyl groups excluding tert-OH is 1. The first-order valence-electron chi connectivity index (χ1n) is 11.7. The lowest BCUT2D eigenvalue weighted by Gasteiger charge is -2.35. The number of hydrogen-bond donors (Lipinski definition) is 4. The van der Waals surface area contributed by atoms with Gasteiger partial charge in [-0.15, -0.1) is 0 Å². The Morgan fingerprint density at radius 2 is 1.94 bits per heavy atom. The molecule has 170 valence electrons. The Kier molecular flexibility index (Phi) is 7.54. The van der Waals surface area contributed by atoms with Gasteiger partial charge in [0.15, 0.2) is 0 Å². The van der Waals surface area contributed by atoms with Gasteiger partial charge in [0.25, 0.3) is 5.91 Å². The normalized spacial score (nSPS) is 24.4. The second-order valence-electron chi connectivity index (χ2n) is 9.39. The van der Waals surface area contributed by atoms with E-state index < -0.39 is 6.23 Å². The number of benzene rings is 1. The molecule has 4 rings (SSSR count). The number of nitrogens with one attached hydrogen (secondary N) is 3. The molecule has 1 aliphatic carbocycles. The van der Waals surface area contributed by atoms with Crippen molar-refractivity contribution in [3.05, 3.63) is 35.0 Å². The van der Waals surface area contributed by atoms with Gasteiger partial charge in [0, 0.05) is 28.0 Å². The standard InChI is InChI=1S/C24H35ClN4O2/c1-29-12-10-16(11-13-29)6-9-23(30)27-20-4-2-3-5-21(20)28-24(31)22-15-17-14-18(25)7-8-19(17)26-22/h7-8,14-16,20-21,23,26-27,30H,2-6,9-13H2,1H3,(H,28,31)/t20-,21+,23?/m1/s1. The van der Waals surface area contributed by atoms with Crippen molar-refractivity contribution in [1.82, 2.24) is 20.5 Å². The van der Waals surface area contributed by atoms with Crippen LogP contribution in [0.1, 0.15) is 61.9 Å². The lowest BCUT2D eigenvalue weighted by molar-refractivity contribution is 0.0759. The van der Waals surface area contributed by atoms with Gasteiger partial charge in [-0.1, -0.05) is 24.4 Å². The maximum absolute atomic E-state index is 12.9. The molecule has 6 nitrogen and oxygen atoms in total. The monoisotopic (exact) mass is 446 g/mol. The van der Waals surface area contributed by atoms with Gasteiger partial charge in [-0.3, -0.25) is 10.1 Å². The highest BCUT2D eigenvalue weighted by Crippen LogP contribution is 2.24. The van der Waals surface area contributed by atoms with E-state index >= 15 is 0 Å². The SMILES string of the molecule is CN1CCC(CCC(O)N[C@@H]2CCCC[C@@H]2NC(=O)c2cc3cc(Cl)ccc3[nH]2)CC1. The van der Waals surface area contributed by atoms with Crippen molar-refractivity contribution in [2.75, 3.05) is 20.1 Å². The number of carbonyl (C=O) groups is 1. The number of nitrogens with zero attached hydrogens (tertiary/aromatic N) is 1. The minimum atomic E-state index is -0.516. The number of likely N-dealkylation sites (tertiary alicyclic amines) is 1. The molecule has 3 atom stereocenters. The van der Waals surface area contributed by atoms with Crippen molar-refractivity contribution in [2.45, 2.75) is 69.7 Å². The van der Waals surface area contributed by atoms with Crippen LogP contribution in [-0.2, 0) is 0 Å². The van der Waals surface area contributed by atoms with E-state index in [2.05, 4.69) is 27.6 Å². The van der Waals surface area contributed by atoms with Crippen LogP contribution in [0.15, 0.2) is 24.3 Å². The smallest absolute Gasteiger partial charge is 0.268 e. The van der Waals surface area contributed by atoms with E-state index in [9.17, 15) is 9.90 Å². The minimum Gasteiger partial charge on any atom is -0.379 e. The molecule has 2 heterocycles. The summed E-state index contributed by atoms with van der Waals surface area (Å²) >= 11 is 6.06. The van der Waals surface area contributed by atoms with E-state index in [1.807, 2.05) is 24.3 Å². The number of halogens is 1. The molecule has 1 unspecified atom stereocenters. The predicted octanol–water partition coefficient (Wildman–Crippen LogP) is 3.89. The zero-order chi connectivity index (χ0) is 21.8. The molecule has 2 aliphatic rings. The molecule has 1 saturated heterocycles. The Morgan fingerprint density at radius 3 is 2.71 bits per heavy atom. The maximum atomic E-state index is 12.9. The number of carbonyl (C=O) groups excluding carboxylic acids is 1. The summed E-state index contributed by atoms with van der Waals surface area (Å²) in [6.45, 7) is 2.32. The second kappa shape index (κ2) is 10.3. The molecule has 4 N–H and O–H groups in total. The second-order valence-corrected chi connectivity index (χ2v) is 9.83. The third kappa shape index (κ3) is 6.01. The van der Waals surface area contributed by atoms with Crippen LogP contribution < -0.4 is 10.6 Å². The Hall–Kier alpha value is -1.60. The van der Waals surface area contributed by atoms with Crippen LogP contribution in [0.3, 0.4) is 0 Å². The fourth-order valence-electron chi connectivity index (χ4n) is 5.05. The van der Waals surface area contributed by atoms with Crippen LogP contribution in [0, 0.1) is 5.92 Å². The van der Waals surface area contributed by atoms with Gasteiger partial charge < -0.3 is 20.3 Å². The average Bonchev–Trinajstić information content (AvgIpc) is 3.18. The first kappa shape index (κ1) is 22.6. The molecule has 1 aromatic heterocycles. The molecule has 31 heavy (non-hydrogen) atoms. The molecule has 1 aliphatic heterocycles. The van der Waals surface area contributed by atoms with E-state index in [4.69, 9.17) is 11.6 Å². The van der Waals surface area contributed by atoms with Gasteiger partial charge >= 0.3 is 0 Å². The fraction of sp³-hybridized carbons (Fsp3) is 0.625. The van der Waals surface area contributed by atoms with Gasteiger partial charge in [0.1, 0.15) is 11.9 Å². The summed E-state index contributed by atoms with van der Waals surface area (Å²) in [5, 5.41) is 18.8. The van der Waals surface area contributed by atoms with Crippen LogP contribution in [0.4, 0.5) is 0 Å². The maximum Gasteiger partial charge on any atom is 0.268 e. The largest absolute Gasteiger partial charge is 0.379 e. The molecule has 0 bridgehead atoms. The summed E-state index contributed by atoms with van der Waals surface area (Å²) in [6.07, 6.45) is 7.88. The quantitative estimate of drug-likeness (QED) is 0.486. The average molecular weight is 447 g/mol. The molecule has 0 spiro atoms. The van der Waals surface area contributed by atoms with Crippen molar-refractivity contribution in [1.29, 1.82) is 0 Å². The van der Waals surface area contributed by atoms with E-state index in [-0.39, 0.29) is 18.0 Å².